The Labute approximate surface area is 130 Å². The van der Waals surface area contributed by atoms with Crippen LogP contribution in [0.4, 0.5) is 10.1 Å². The van der Waals surface area contributed by atoms with Crippen LogP contribution in [-0.4, -0.2) is 60.6 Å². The van der Waals surface area contributed by atoms with Crippen molar-refractivity contribution in [1.29, 1.82) is 0 Å². The van der Waals surface area contributed by atoms with E-state index in [0.29, 0.717) is 17.6 Å². The Morgan fingerprint density at radius 2 is 2.09 bits per heavy atom. The van der Waals surface area contributed by atoms with Crippen molar-refractivity contribution in [3.63, 3.8) is 0 Å². The van der Waals surface area contributed by atoms with Gasteiger partial charge in [-0.15, -0.1) is 0 Å². The summed E-state index contributed by atoms with van der Waals surface area (Å²) in [5, 5.41) is 4.55. The summed E-state index contributed by atoms with van der Waals surface area (Å²) in [7, 11) is 4.34. The van der Waals surface area contributed by atoms with Gasteiger partial charge in [-0.05, 0) is 39.2 Å². The van der Waals surface area contributed by atoms with Crippen molar-refractivity contribution in [2.75, 3.05) is 39.0 Å². The number of hydrogen-bond acceptors (Lipinski definition) is 4. The second kappa shape index (κ2) is 6.18. The van der Waals surface area contributed by atoms with Crippen molar-refractivity contribution in [3.05, 3.63) is 36.3 Å². The number of hydrogen-bond donors (Lipinski definition) is 1. The first-order chi connectivity index (χ1) is 10.5. The molecule has 1 aliphatic heterocycles. The van der Waals surface area contributed by atoms with E-state index in [1.807, 2.05) is 6.07 Å². The second-order valence-corrected chi connectivity index (χ2v) is 6.26. The molecule has 1 aliphatic rings. The maximum absolute atomic E-state index is 13.3. The first-order valence-corrected chi connectivity index (χ1v) is 7.74. The summed E-state index contributed by atoms with van der Waals surface area (Å²) in [6.07, 6.45) is 1.73. The summed E-state index contributed by atoms with van der Waals surface area (Å²) in [6, 6.07) is 7.46. The van der Waals surface area contributed by atoms with Crippen molar-refractivity contribution in [2.45, 2.75) is 19.0 Å². The molecule has 2 heterocycles. The molecule has 0 spiro atoms. The van der Waals surface area contributed by atoms with E-state index in [1.54, 1.807) is 12.3 Å². The molecule has 1 fully saturated rings. The molecule has 1 aromatic heterocycles. The summed E-state index contributed by atoms with van der Waals surface area (Å²) < 4.78 is 13.3. The van der Waals surface area contributed by atoms with Gasteiger partial charge in [0.2, 0.25) is 0 Å². The van der Waals surface area contributed by atoms with Gasteiger partial charge < -0.3 is 10.2 Å². The van der Waals surface area contributed by atoms with E-state index in [0.717, 1.165) is 30.7 Å². The van der Waals surface area contributed by atoms with E-state index in [-0.39, 0.29) is 5.82 Å². The number of anilines is 1. The van der Waals surface area contributed by atoms with Gasteiger partial charge in [0.1, 0.15) is 5.82 Å². The zero-order valence-electron chi connectivity index (χ0n) is 13.4. The van der Waals surface area contributed by atoms with Gasteiger partial charge in [-0.25, -0.2) is 4.39 Å². The van der Waals surface area contributed by atoms with E-state index < -0.39 is 0 Å². The van der Waals surface area contributed by atoms with Gasteiger partial charge in [-0.3, -0.25) is 9.88 Å². The van der Waals surface area contributed by atoms with Gasteiger partial charge in [-0.1, -0.05) is 0 Å². The summed E-state index contributed by atoms with van der Waals surface area (Å²) in [6.45, 7) is 5.44. The zero-order valence-corrected chi connectivity index (χ0v) is 13.4. The lowest BCUT2D eigenvalue weighted by Gasteiger charge is -2.41. The molecule has 2 aromatic rings. The summed E-state index contributed by atoms with van der Waals surface area (Å²) >= 11 is 0. The molecule has 1 aromatic carbocycles. The van der Waals surface area contributed by atoms with E-state index in [2.05, 4.69) is 41.1 Å². The molecule has 1 saturated heterocycles. The molecule has 0 aliphatic carbocycles. The molecule has 22 heavy (non-hydrogen) atoms. The third kappa shape index (κ3) is 3.05. The first-order valence-electron chi connectivity index (χ1n) is 7.74. The van der Waals surface area contributed by atoms with Crippen molar-refractivity contribution in [2.24, 2.45) is 0 Å². The number of nitrogens with zero attached hydrogens (tertiary/aromatic N) is 3. The molecule has 2 unspecified atom stereocenters. The Bertz CT molecular complexity index is 660. The van der Waals surface area contributed by atoms with Crippen LogP contribution >= 0.6 is 0 Å². The molecule has 5 heteroatoms. The number of piperazine rings is 1. The monoisotopic (exact) mass is 302 g/mol. The lowest BCUT2D eigenvalue weighted by atomic mass is 10.0. The minimum Gasteiger partial charge on any atom is -0.380 e. The second-order valence-electron chi connectivity index (χ2n) is 6.26. The topological polar surface area (TPSA) is 31.4 Å². The van der Waals surface area contributed by atoms with Crippen LogP contribution in [-0.2, 0) is 0 Å². The Morgan fingerprint density at radius 3 is 2.91 bits per heavy atom. The highest BCUT2D eigenvalue weighted by atomic mass is 19.1. The standard InChI is InChI=1S/C17H23FN4/c1-12(17-11-21(2)8-9-22(17)3)20-15-6-7-19-16-10-13(18)4-5-14(15)16/h4-7,10,12,17H,8-9,11H2,1-3H3,(H,19,20). The van der Waals surface area contributed by atoms with Gasteiger partial charge in [0.15, 0.2) is 0 Å². The van der Waals surface area contributed by atoms with Crippen molar-refractivity contribution in [1.82, 2.24) is 14.8 Å². The SMILES string of the molecule is CC(Nc1ccnc2cc(F)ccc12)C1CN(C)CCN1C. The van der Waals surface area contributed by atoms with Crippen LogP contribution in [0, 0.1) is 5.82 Å². The Kier molecular flexibility index (Phi) is 4.27. The first kappa shape index (κ1) is 15.2. The molecule has 0 bridgehead atoms. The lowest BCUT2D eigenvalue weighted by molar-refractivity contribution is 0.105. The van der Waals surface area contributed by atoms with Gasteiger partial charge in [0.05, 0.1) is 5.52 Å². The molecule has 1 N–H and O–H groups in total. The molecule has 4 nitrogen and oxygen atoms in total. The minimum atomic E-state index is -0.251. The quantitative estimate of drug-likeness (QED) is 0.943. The number of benzene rings is 1. The molecular formula is C17H23FN4. The maximum atomic E-state index is 13.3. The molecule has 0 radical (unpaired) electrons. The Hall–Kier alpha value is -1.72. The number of rotatable bonds is 3. The highest BCUT2D eigenvalue weighted by molar-refractivity contribution is 5.91. The van der Waals surface area contributed by atoms with E-state index >= 15 is 0 Å². The maximum Gasteiger partial charge on any atom is 0.125 e. The summed E-state index contributed by atoms with van der Waals surface area (Å²) in [5.74, 6) is -0.251. The molecule has 2 atom stereocenters. The average Bonchev–Trinajstić information content (AvgIpc) is 2.49. The minimum absolute atomic E-state index is 0.251. The van der Waals surface area contributed by atoms with Crippen molar-refractivity contribution in [3.8, 4) is 0 Å². The molecule has 0 amide bonds. The van der Waals surface area contributed by atoms with Gasteiger partial charge in [0, 0.05) is 55.1 Å². The van der Waals surface area contributed by atoms with Gasteiger partial charge >= 0.3 is 0 Å². The van der Waals surface area contributed by atoms with E-state index in [4.69, 9.17) is 0 Å². The summed E-state index contributed by atoms with van der Waals surface area (Å²) in [5.41, 5.74) is 1.70. The van der Waals surface area contributed by atoms with Gasteiger partial charge in [-0.2, -0.15) is 0 Å². The van der Waals surface area contributed by atoms with Crippen LogP contribution in [0.3, 0.4) is 0 Å². The molecular weight excluding hydrogens is 279 g/mol. The van der Waals surface area contributed by atoms with Crippen molar-refractivity contribution < 1.29 is 4.39 Å². The fraction of sp³-hybridized carbons (Fsp3) is 0.471. The fourth-order valence-corrected chi connectivity index (χ4v) is 3.17. The number of pyridine rings is 1. The van der Waals surface area contributed by atoms with Crippen LogP contribution in [0.2, 0.25) is 0 Å². The predicted octanol–water partition coefficient (Wildman–Crippen LogP) is 2.42. The normalized spacial score (nSPS) is 21.9. The fourth-order valence-electron chi connectivity index (χ4n) is 3.17. The van der Waals surface area contributed by atoms with E-state index in [1.165, 1.54) is 12.1 Å². The highest BCUT2D eigenvalue weighted by Crippen LogP contribution is 2.24. The molecule has 0 saturated carbocycles. The van der Waals surface area contributed by atoms with Gasteiger partial charge in [0.25, 0.3) is 0 Å². The largest absolute Gasteiger partial charge is 0.380 e. The van der Waals surface area contributed by atoms with Crippen LogP contribution in [0.5, 0.6) is 0 Å². The lowest BCUT2D eigenvalue weighted by Crippen LogP contribution is -2.56. The van der Waals surface area contributed by atoms with Crippen LogP contribution in [0.1, 0.15) is 6.92 Å². The van der Waals surface area contributed by atoms with Crippen LogP contribution < -0.4 is 5.32 Å². The molecule has 3 rings (SSSR count). The van der Waals surface area contributed by atoms with Crippen LogP contribution in [0.25, 0.3) is 10.9 Å². The number of likely N-dealkylation sites (N-methyl/N-ethyl adjacent to an activating group) is 2. The summed E-state index contributed by atoms with van der Waals surface area (Å²) in [4.78, 5) is 9.02. The number of fused-ring (bicyclic) bond motifs is 1. The number of nitrogens with one attached hydrogen (secondary N) is 1. The average molecular weight is 302 g/mol. The predicted molar refractivity (Wildman–Crippen MR) is 88.7 cm³/mol. The smallest absolute Gasteiger partial charge is 0.125 e. The number of aromatic nitrogens is 1. The van der Waals surface area contributed by atoms with Crippen LogP contribution in [0.15, 0.2) is 30.5 Å². The third-order valence-electron chi connectivity index (χ3n) is 4.56. The Morgan fingerprint density at radius 1 is 1.27 bits per heavy atom. The van der Waals surface area contributed by atoms with Crippen molar-refractivity contribution >= 4 is 16.6 Å². The van der Waals surface area contributed by atoms with E-state index in [9.17, 15) is 4.39 Å². The number of halogens is 1. The highest BCUT2D eigenvalue weighted by Gasteiger charge is 2.27. The molecule has 118 valence electrons. The zero-order chi connectivity index (χ0) is 15.7. The third-order valence-corrected chi connectivity index (χ3v) is 4.56. The Balaban J connectivity index is 1.83.